The molecular formula is C15H20N2O3. The molecule has 108 valence electrons. The lowest BCUT2D eigenvalue weighted by Crippen LogP contribution is -2.41. The van der Waals surface area contributed by atoms with Gasteiger partial charge < -0.3 is 14.4 Å². The van der Waals surface area contributed by atoms with Gasteiger partial charge in [0.15, 0.2) is 0 Å². The second kappa shape index (κ2) is 4.36. The van der Waals surface area contributed by atoms with Gasteiger partial charge in [-0.3, -0.25) is 0 Å². The van der Waals surface area contributed by atoms with Crippen LogP contribution in [0.3, 0.4) is 0 Å². The lowest BCUT2D eigenvalue weighted by atomic mass is 9.97. The average Bonchev–Trinajstić information content (AvgIpc) is 2.90. The van der Waals surface area contributed by atoms with Crippen LogP contribution in [-0.2, 0) is 11.2 Å². The van der Waals surface area contributed by atoms with Gasteiger partial charge in [-0.15, -0.1) is 0 Å². The van der Waals surface area contributed by atoms with E-state index in [2.05, 4.69) is 4.98 Å². The van der Waals surface area contributed by atoms with Gasteiger partial charge >= 0.3 is 6.09 Å². The molecule has 0 radical (unpaired) electrons. The number of ether oxygens (including phenoxy) is 2. The predicted octanol–water partition coefficient (Wildman–Crippen LogP) is 2.40. The maximum atomic E-state index is 12.1. The number of carbonyl (C=O) groups is 1. The zero-order chi connectivity index (χ0) is 14.4. The largest absolute Gasteiger partial charge is 0.469 e. The molecule has 1 aromatic heterocycles. The molecule has 0 aliphatic carbocycles. The number of aromatic nitrogens is 1. The minimum Gasteiger partial charge on any atom is -0.469 e. The molecule has 1 saturated heterocycles. The Morgan fingerprint density at radius 1 is 1.50 bits per heavy atom. The first-order valence-corrected chi connectivity index (χ1v) is 6.98. The number of fused-ring (bicyclic) bond motifs is 1. The van der Waals surface area contributed by atoms with E-state index in [-0.39, 0.29) is 11.7 Å². The number of pyridine rings is 1. The molecule has 1 aromatic rings. The van der Waals surface area contributed by atoms with Gasteiger partial charge in [-0.25, -0.2) is 9.78 Å². The van der Waals surface area contributed by atoms with Crippen molar-refractivity contribution in [1.29, 1.82) is 0 Å². The maximum absolute atomic E-state index is 12.1. The van der Waals surface area contributed by atoms with Gasteiger partial charge in [0.25, 0.3) is 0 Å². The van der Waals surface area contributed by atoms with Crippen molar-refractivity contribution in [3.05, 3.63) is 23.9 Å². The Bertz CT molecular complexity index is 511. The van der Waals surface area contributed by atoms with Crippen LogP contribution in [0.15, 0.2) is 18.3 Å². The van der Waals surface area contributed by atoms with Crippen LogP contribution in [0, 0.1) is 0 Å². The fourth-order valence-corrected chi connectivity index (χ4v) is 2.79. The van der Waals surface area contributed by atoms with Crippen LogP contribution in [0.4, 0.5) is 4.79 Å². The van der Waals surface area contributed by atoms with Crippen LogP contribution in [0.5, 0.6) is 5.88 Å². The van der Waals surface area contributed by atoms with E-state index in [1.165, 1.54) is 0 Å². The highest BCUT2D eigenvalue weighted by Gasteiger charge is 2.47. The number of likely N-dealkylation sites (tertiary alicyclic amines) is 1. The van der Waals surface area contributed by atoms with Crippen molar-refractivity contribution < 1.29 is 14.3 Å². The van der Waals surface area contributed by atoms with Gasteiger partial charge in [0, 0.05) is 31.1 Å². The summed E-state index contributed by atoms with van der Waals surface area (Å²) in [7, 11) is 0. The molecule has 1 fully saturated rings. The molecule has 1 amide bonds. The van der Waals surface area contributed by atoms with E-state index in [9.17, 15) is 4.79 Å². The van der Waals surface area contributed by atoms with Gasteiger partial charge in [0.1, 0.15) is 11.2 Å². The summed E-state index contributed by atoms with van der Waals surface area (Å²) in [4.78, 5) is 18.1. The lowest BCUT2D eigenvalue weighted by Gasteiger charge is -2.26. The van der Waals surface area contributed by atoms with Gasteiger partial charge in [-0.1, -0.05) is 6.07 Å². The topological polar surface area (TPSA) is 51.7 Å². The molecule has 3 heterocycles. The molecule has 1 unspecified atom stereocenters. The summed E-state index contributed by atoms with van der Waals surface area (Å²) in [5, 5.41) is 0. The number of hydrogen-bond acceptors (Lipinski definition) is 4. The molecule has 5 heteroatoms. The lowest BCUT2D eigenvalue weighted by molar-refractivity contribution is 0.0229. The molecule has 5 nitrogen and oxygen atoms in total. The first-order valence-electron chi connectivity index (χ1n) is 6.98. The average molecular weight is 276 g/mol. The van der Waals surface area contributed by atoms with Gasteiger partial charge in [-0.05, 0) is 26.8 Å². The normalized spacial score (nSPS) is 24.6. The highest BCUT2D eigenvalue weighted by atomic mass is 16.6. The van der Waals surface area contributed by atoms with Crippen LogP contribution in [0.2, 0.25) is 0 Å². The van der Waals surface area contributed by atoms with Crippen LogP contribution in [0.25, 0.3) is 0 Å². The van der Waals surface area contributed by atoms with Crippen molar-refractivity contribution in [2.75, 3.05) is 13.1 Å². The Balaban J connectivity index is 1.68. The smallest absolute Gasteiger partial charge is 0.410 e. The molecule has 20 heavy (non-hydrogen) atoms. The number of nitrogens with zero attached hydrogens (tertiary/aromatic N) is 2. The summed E-state index contributed by atoms with van der Waals surface area (Å²) in [5.74, 6) is 0.707. The Morgan fingerprint density at radius 3 is 3.00 bits per heavy atom. The molecular weight excluding hydrogens is 256 g/mol. The van der Waals surface area contributed by atoms with Crippen molar-refractivity contribution in [3.63, 3.8) is 0 Å². The van der Waals surface area contributed by atoms with Crippen LogP contribution in [-0.4, -0.2) is 40.3 Å². The monoisotopic (exact) mass is 276 g/mol. The summed E-state index contributed by atoms with van der Waals surface area (Å²) < 4.78 is 11.4. The van der Waals surface area contributed by atoms with E-state index in [1.54, 1.807) is 11.1 Å². The Morgan fingerprint density at radius 2 is 2.30 bits per heavy atom. The molecule has 0 N–H and O–H groups in total. The summed E-state index contributed by atoms with van der Waals surface area (Å²) in [5.41, 5.74) is 0.347. The van der Waals surface area contributed by atoms with E-state index in [0.717, 1.165) is 18.4 Å². The molecule has 0 bridgehead atoms. The van der Waals surface area contributed by atoms with Crippen LogP contribution >= 0.6 is 0 Å². The summed E-state index contributed by atoms with van der Waals surface area (Å²) in [6.07, 6.45) is 3.11. The zero-order valence-electron chi connectivity index (χ0n) is 12.2. The van der Waals surface area contributed by atoms with E-state index in [1.807, 2.05) is 32.9 Å². The van der Waals surface area contributed by atoms with Crippen LogP contribution in [0.1, 0.15) is 32.8 Å². The SMILES string of the molecule is CC(C)(C)OC(=O)N1CCC2(Cc3cccnc3O2)C1. The number of amides is 1. The molecule has 0 aromatic carbocycles. The van der Waals surface area contributed by atoms with Crippen molar-refractivity contribution in [3.8, 4) is 5.88 Å². The summed E-state index contributed by atoms with van der Waals surface area (Å²) in [6.45, 7) is 6.87. The molecule has 1 atom stereocenters. The van der Waals surface area contributed by atoms with Crippen molar-refractivity contribution in [2.24, 2.45) is 0 Å². The Kier molecular flexibility index (Phi) is 2.88. The predicted molar refractivity (Wildman–Crippen MR) is 73.7 cm³/mol. The van der Waals surface area contributed by atoms with Crippen molar-refractivity contribution in [1.82, 2.24) is 9.88 Å². The maximum Gasteiger partial charge on any atom is 0.410 e. The minimum absolute atomic E-state index is 0.262. The minimum atomic E-state index is -0.464. The van der Waals surface area contributed by atoms with Gasteiger partial charge in [0.2, 0.25) is 5.88 Å². The van der Waals surface area contributed by atoms with E-state index < -0.39 is 5.60 Å². The van der Waals surface area contributed by atoms with Crippen LogP contribution < -0.4 is 4.74 Å². The first kappa shape index (κ1) is 13.2. The standard InChI is InChI=1S/C15H20N2O3/c1-14(2,3)20-13(18)17-8-6-15(10-17)9-11-5-4-7-16-12(11)19-15/h4-5,7H,6,8-10H2,1-3H3. The molecule has 1 spiro atoms. The molecule has 2 aliphatic heterocycles. The Labute approximate surface area is 118 Å². The molecule has 2 aliphatic rings. The molecule has 0 saturated carbocycles. The van der Waals surface area contributed by atoms with Crippen molar-refractivity contribution in [2.45, 2.75) is 44.8 Å². The Hall–Kier alpha value is -1.78. The third-order valence-corrected chi connectivity index (χ3v) is 3.64. The van der Waals surface area contributed by atoms with E-state index in [0.29, 0.717) is 19.0 Å². The fourth-order valence-electron chi connectivity index (χ4n) is 2.79. The highest BCUT2D eigenvalue weighted by molar-refractivity contribution is 5.68. The summed E-state index contributed by atoms with van der Waals surface area (Å²) in [6, 6.07) is 3.95. The number of hydrogen-bond donors (Lipinski definition) is 0. The molecule has 3 rings (SSSR count). The fraction of sp³-hybridized carbons (Fsp3) is 0.600. The van der Waals surface area contributed by atoms with E-state index >= 15 is 0 Å². The highest BCUT2D eigenvalue weighted by Crippen LogP contribution is 2.39. The summed E-state index contributed by atoms with van der Waals surface area (Å²) >= 11 is 0. The van der Waals surface area contributed by atoms with Gasteiger partial charge in [0.05, 0.1) is 6.54 Å². The van der Waals surface area contributed by atoms with Crippen molar-refractivity contribution >= 4 is 6.09 Å². The zero-order valence-corrected chi connectivity index (χ0v) is 12.2. The first-order chi connectivity index (χ1) is 9.37. The third-order valence-electron chi connectivity index (χ3n) is 3.64. The quantitative estimate of drug-likeness (QED) is 0.730. The van der Waals surface area contributed by atoms with Gasteiger partial charge in [-0.2, -0.15) is 0 Å². The third kappa shape index (κ3) is 2.44. The second-order valence-corrected chi connectivity index (χ2v) is 6.58. The second-order valence-electron chi connectivity index (χ2n) is 6.58. The number of rotatable bonds is 0. The van der Waals surface area contributed by atoms with E-state index in [4.69, 9.17) is 9.47 Å². The number of carbonyl (C=O) groups excluding carboxylic acids is 1.